The first kappa shape index (κ1) is 26.6. The van der Waals surface area contributed by atoms with Crippen LogP contribution in [0.3, 0.4) is 0 Å². The van der Waals surface area contributed by atoms with Crippen LogP contribution in [0.2, 0.25) is 5.02 Å². The van der Waals surface area contributed by atoms with Gasteiger partial charge < -0.3 is 29.0 Å². The van der Waals surface area contributed by atoms with E-state index in [-0.39, 0.29) is 11.9 Å². The Hall–Kier alpha value is -2.64. The minimum absolute atomic E-state index is 0.282. The van der Waals surface area contributed by atoms with Crippen LogP contribution in [-0.2, 0) is 4.74 Å². The van der Waals surface area contributed by atoms with Gasteiger partial charge in [-0.3, -0.25) is 4.79 Å². The summed E-state index contributed by atoms with van der Waals surface area (Å²) in [6.07, 6.45) is 0.888. The molecule has 0 aromatic heterocycles. The molecule has 0 aliphatic rings. The third-order valence-electron chi connectivity index (χ3n) is 5.01. The highest BCUT2D eigenvalue weighted by Crippen LogP contribution is 2.37. The van der Waals surface area contributed by atoms with Crippen molar-refractivity contribution in [2.24, 2.45) is 5.92 Å². The zero-order valence-electron chi connectivity index (χ0n) is 20.2. The second-order valence-electron chi connectivity index (χ2n) is 7.97. The van der Waals surface area contributed by atoms with E-state index >= 15 is 0 Å². The molecule has 0 aliphatic heterocycles. The molecule has 1 amide bonds. The quantitative estimate of drug-likeness (QED) is 0.393. The van der Waals surface area contributed by atoms with Gasteiger partial charge in [0, 0.05) is 12.7 Å². The maximum Gasteiger partial charge on any atom is 0.251 e. The van der Waals surface area contributed by atoms with Crippen molar-refractivity contribution < 1.29 is 28.5 Å². The van der Waals surface area contributed by atoms with E-state index in [1.807, 2.05) is 25.1 Å². The van der Waals surface area contributed by atoms with Crippen molar-refractivity contribution in [1.82, 2.24) is 5.32 Å². The van der Waals surface area contributed by atoms with Gasteiger partial charge in [-0.05, 0) is 49.1 Å². The van der Waals surface area contributed by atoms with Crippen LogP contribution in [0.15, 0.2) is 30.3 Å². The van der Waals surface area contributed by atoms with Crippen molar-refractivity contribution >= 4 is 17.5 Å². The lowest BCUT2D eigenvalue weighted by molar-refractivity contribution is 0.0939. The van der Waals surface area contributed by atoms with Gasteiger partial charge in [-0.1, -0.05) is 31.5 Å². The van der Waals surface area contributed by atoms with Gasteiger partial charge in [0.2, 0.25) is 0 Å². The van der Waals surface area contributed by atoms with Crippen molar-refractivity contribution in [3.63, 3.8) is 0 Å². The average molecular weight is 480 g/mol. The van der Waals surface area contributed by atoms with Crippen LogP contribution < -0.4 is 24.3 Å². The second-order valence-corrected chi connectivity index (χ2v) is 8.37. The molecule has 33 heavy (non-hydrogen) atoms. The van der Waals surface area contributed by atoms with Gasteiger partial charge in [-0.15, -0.1) is 0 Å². The summed E-state index contributed by atoms with van der Waals surface area (Å²) >= 11 is 6.41. The standard InChI is InChI=1S/C25H34ClNO6/c1-16(2)9-10-33-24-20(26)13-19(15-23(24)31-6)25(28)27-17(3)18-7-8-21(22(14-18)30-5)32-12-11-29-4/h7-8,13-17H,9-12H2,1-6H3,(H,27,28). The Labute approximate surface area is 201 Å². The van der Waals surface area contributed by atoms with Crippen LogP contribution in [0.4, 0.5) is 0 Å². The molecule has 2 aromatic carbocycles. The van der Waals surface area contributed by atoms with Crippen molar-refractivity contribution in [2.45, 2.75) is 33.2 Å². The van der Waals surface area contributed by atoms with Crippen LogP contribution >= 0.6 is 11.6 Å². The van der Waals surface area contributed by atoms with E-state index in [9.17, 15) is 4.79 Å². The molecular formula is C25H34ClNO6. The lowest BCUT2D eigenvalue weighted by Crippen LogP contribution is -2.26. The lowest BCUT2D eigenvalue weighted by Gasteiger charge is -2.18. The van der Waals surface area contributed by atoms with E-state index in [0.29, 0.717) is 59.3 Å². The summed E-state index contributed by atoms with van der Waals surface area (Å²) < 4.78 is 27.3. The third kappa shape index (κ3) is 7.72. The maximum atomic E-state index is 12.9. The highest BCUT2D eigenvalue weighted by molar-refractivity contribution is 6.32. The van der Waals surface area contributed by atoms with Crippen molar-refractivity contribution in [2.75, 3.05) is 41.2 Å². The van der Waals surface area contributed by atoms with Crippen molar-refractivity contribution in [3.8, 4) is 23.0 Å². The van der Waals surface area contributed by atoms with Gasteiger partial charge in [0.15, 0.2) is 23.0 Å². The first-order valence-corrected chi connectivity index (χ1v) is 11.3. The topological polar surface area (TPSA) is 75.3 Å². The number of methoxy groups -OCH3 is 3. The number of carbonyl (C=O) groups is 1. The van der Waals surface area contributed by atoms with Gasteiger partial charge in [-0.25, -0.2) is 0 Å². The Balaban J connectivity index is 2.13. The monoisotopic (exact) mass is 479 g/mol. The number of ether oxygens (including phenoxy) is 5. The number of carbonyl (C=O) groups excluding carboxylic acids is 1. The lowest BCUT2D eigenvalue weighted by atomic mass is 10.1. The summed E-state index contributed by atoms with van der Waals surface area (Å²) in [4.78, 5) is 12.9. The SMILES string of the molecule is COCCOc1ccc(C(C)NC(=O)c2cc(Cl)c(OCCC(C)C)c(OC)c2)cc1OC. The summed E-state index contributed by atoms with van der Waals surface area (Å²) in [5.41, 5.74) is 1.25. The summed E-state index contributed by atoms with van der Waals surface area (Å²) in [6, 6.07) is 8.47. The van der Waals surface area contributed by atoms with E-state index in [1.54, 1.807) is 26.4 Å². The van der Waals surface area contributed by atoms with Gasteiger partial charge in [-0.2, -0.15) is 0 Å². The van der Waals surface area contributed by atoms with Gasteiger partial charge in [0.05, 0.1) is 38.5 Å². The second kappa shape index (κ2) is 13.2. The first-order chi connectivity index (χ1) is 15.8. The van der Waals surface area contributed by atoms with Gasteiger partial charge in [0.25, 0.3) is 5.91 Å². The number of rotatable bonds is 13. The predicted molar refractivity (Wildman–Crippen MR) is 129 cm³/mol. The smallest absolute Gasteiger partial charge is 0.251 e. The maximum absolute atomic E-state index is 12.9. The molecule has 1 N–H and O–H groups in total. The van der Waals surface area contributed by atoms with Crippen LogP contribution in [0.25, 0.3) is 0 Å². The molecular weight excluding hydrogens is 446 g/mol. The Morgan fingerprint density at radius 2 is 1.64 bits per heavy atom. The number of nitrogens with one attached hydrogen (secondary N) is 1. The minimum atomic E-state index is -0.286. The highest BCUT2D eigenvalue weighted by atomic mass is 35.5. The molecule has 7 nitrogen and oxygen atoms in total. The Kier molecular flexibility index (Phi) is 10.6. The van der Waals surface area contributed by atoms with Crippen LogP contribution in [0.5, 0.6) is 23.0 Å². The molecule has 0 saturated heterocycles. The summed E-state index contributed by atoms with van der Waals surface area (Å²) in [5, 5.41) is 3.31. The summed E-state index contributed by atoms with van der Waals surface area (Å²) in [6.45, 7) is 7.54. The van der Waals surface area contributed by atoms with Crippen molar-refractivity contribution in [1.29, 1.82) is 0 Å². The number of hydrogen-bond donors (Lipinski definition) is 1. The van der Waals surface area contributed by atoms with E-state index in [2.05, 4.69) is 19.2 Å². The van der Waals surface area contributed by atoms with E-state index in [0.717, 1.165) is 12.0 Å². The first-order valence-electron chi connectivity index (χ1n) is 10.9. The third-order valence-corrected chi connectivity index (χ3v) is 5.29. The zero-order chi connectivity index (χ0) is 24.4. The van der Waals surface area contributed by atoms with Crippen LogP contribution in [0.1, 0.15) is 49.2 Å². The zero-order valence-corrected chi connectivity index (χ0v) is 21.0. The number of halogens is 1. The summed E-state index contributed by atoms with van der Waals surface area (Å²) in [5.74, 6) is 2.28. The number of benzene rings is 2. The molecule has 182 valence electrons. The van der Waals surface area contributed by atoms with E-state index < -0.39 is 0 Å². The molecule has 0 fully saturated rings. The highest BCUT2D eigenvalue weighted by Gasteiger charge is 2.19. The van der Waals surface area contributed by atoms with Gasteiger partial charge in [0.1, 0.15) is 6.61 Å². The fourth-order valence-corrected chi connectivity index (χ4v) is 3.32. The molecule has 0 bridgehead atoms. The van der Waals surface area contributed by atoms with E-state index in [1.165, 1.54) is 7.11 Å². The molecule has 1 unspecified atom stereocenters. The molecule has 1 atom stereocenters. The van der Waals surface area contributed by atoms with E-state index in [4.69, 9.17) is 35.3 Å². The van der Waals surface area contributed by atoms with Gasteiger partial charge >= 0.3 is 0 Å². The molecule has 0 saturated carbocycles. The Bertz CT molecular complexity index is 918. The van der Waals surface area contributed by atoms with Crippen LogP contribution in [-0.4, -0.2) is 47.1 Å². The predicted octanol–water partition coefficient (Wildman–Crippen LogP) is 5.30. The molecule has 2 rings (SSSR count). The normalized spacial score (nSPS) is 11.8. The molecule has 0 heterocycles. The number of amides is 1. The minimum Gasteiger partial charge on any atom is -0.493 e. The Morgan fingerprint density at radius 3 is 2.27 bits per heavy atom. The molecule has 0 radical (unpaired) electrons. The van der Waals surface area contributed by atoms with Crippen molar-refractivity contribution in [3.05, 3.63) is 46.5 Å². The molecule has 8 heteroatoms. The summed E-state index contributed by atoms with van der Waals surface area (Å²) in [7, 11) is 4.71. The number of hydrogen-bond acceptors (Lipinski definition) is 6. The molecule has 0 aliphatic carbocycles. The molecule has 2 aromatic rings. The fraction of sp³-hybridized carbons (Fsp3) is 0.480. The van der Waals surface area contributed by atoms with Crippen LogP contribution in [0, 0.1) is 5.92 Å². The fourth-order valence-electron chi connectivity index (χ4n) is 3.06. The Morgan fingerprint density at radius 1 is 0.909 bits per heavy atom. The molecule has 0 spiro atoms. The largest absolute Gasteiger partial charge is 0.493 e. The average Bonchev–Trinajstić information content (AvgIpc) is 2.79.